The van der Waals surface area contributed by atoms with E-state index in [0.717, 1.165) is 19.3 Å². The third kappa shape index (κ3) is 9.09. The SMILES string of the molecule is CCC(C)OC(=O)CCC/C=C\CC1C(=O)C[C@@H](O)C1/C=C/[C@@H](O)CCc1ccccc1. The number of rotatable bonds is 13. The van der Waals surface area contributed by atoms with E-state index in [1.807, 2.05) is 62.4 Å². The predicted molar refractivity (Wildman–Crippen MR) is 126 cm³/mol. The molecule has 1 aliphatic rings. The number of aryl methyl sites for hydroxylation is 1. The van der Waals surface area contributed by atoms with E-state index in [1.165, 1.54) is 5.56 Å². The lowest BCUT2D eigenvalue weighted by atomic mass is 9.90. The molecule has 32 heavy (non-hydrogen) atoms. The minimum Gasteiger partial charge on any atom is -0.463 e. The quantitative estimate of drug-likeness (QED) is 0.266. The lowest BCUT2D eigenvalue weighted by Crippen LogP contribution is -2.19. The molecule has 0 aromatic heterocycles. The van der Waals surface area contributed by atoms with Crippen LogP contribution in [0.5, 0.6) is 0 Å². The summed E-state index contributed by atoms with van der Waals surface area (Å²) < 4.78 is 5.25. The molecule has 2 N–H and O–H groups in total. The Balaban J connectivity index is 1.76. The zero-order chi connectivity index (χ0) is 23.3. The largest absolute Gasteiger partial charge is 0.463 e. The molecular formula is C27H38O5. The van der Waals surface area contributed by atoms with Crippen LogP contribution in [0.1, 0.15) is 64.4 Å². The van der Waals surface area contributed by atoms with Gasteiger partial charge in [-0.3, -0.25) is 9.59 Å². The highest BCUT2D eigenvalue weighted by Gasteiger charge is 2.39. The van der Waals surface area contributed by atoms with E-state index in [-0.39, 0.29) is 36.1 Å². The maximum atomic E-state index is 12.3. The smallest absolute Gasteiger partial charge is 0.306 e. The zero-order valence-corrected chi connectivity index (χ0v) is 19.4. The van der Waals surface area contributed by atoms with Crippen molar-refractivity contribution >= 4 is 11.8 Å². The Labute approximate surface area is 192 Å². The summed E-state index contributed by atoms with van der Waals surface area (Å²) in [5, 5.41) is 20.6. The molecule has 5 atom stereocenters. The lowest BCUT2D eigenvalue weighted by molar-refractivity contribution is -0.148. The number of esters is 1. The summed E-state index contributed by atoms with van der Waals surface area (Å²) in [6.45, 7) is 3.87. The molecule has 1 aliphatic carbocycles. The van der Waals surface area contributed by atoms with E-state index < -0.39 is 12.2 Å². The summed E-state index contributed by atoms with van der Waals surface area (Å²) in [5.74, 6) is -0.649. The van der Waals surface area contributed by atoms with Crippen LogP contribution < -0.4 is 0 Å². The Hall–Kier alpha value is -2.24. The van der Waals surface area contributed by atoms with Crippen molar-refractivity contribution in [2.45, 2.75) is 83.5 Å². The van der Waals surface area contributed by atoms with Crippen LogP contribution in [-0.2, 0) is 20.7 Å². The van der Waals surface area contributed by atoms with E-state index in [1.54, 1.807) is 6.08 Å². The highest BCUT2D eigenvalue weighted by molar-refractivity contribution is 5.84. The van der Waals surface area contributed by atoms with E-state index in [4.69, 9.17) is 4.74 Å². The highest BCUT2D eigenvalue weighted by atomic mass is 16.5. The number of carbonyl (C=O) groups is 2. The number of aliphatic hydroxyl groups excluding tert-OH is 2. The van der Waals surface area contributed by atoms with Crippen molar-refractivity contribution in [1.82, 2.24) is 0 Å². The third-order valence-electron chi connectivity index (χ3n) is 6.08. The first-order chi connectivity index (χ1) is 15.4. The van der Waals surface area contributed by atoms with Crippen molar-refractivity contribution in [3.63, 3.8) is 0 Å². The number of unbranched alkanes of at least 4 members (excludes halogenated alkanes) is 1. The van der Waals surface area contributed by atoms with Crippen molar-refractivity contribution in [1.29, 1.82) is 0 Å². The van der Waals surface area contributed by atoms with Crippen molar-refractivity contribution in [2.75, 3.05) is 0 Å². The first-order valence-corrected chi connectivity index (χ1v) is 11.9. The molecule has 5 nitrogen and oxygen atoms in total. The average molecular weight is 443 g/mol. The number of hydrogen-bond acceptors (Lipinski definition) is 5. The molecule has 0 aliphatic heterocycles. The van der Waals surface area contributed by atoms with Gasteiger partial charge in [0.25, 0.3) is 0 Å². The molecule has 176 valence electrons. The van der Waals surface area contributed by atoms with Crippen LogP contribution >= 0.6 is 0 Å². The van der Waals surface area contributed by atoms with E-state index >= 15 is 0 Å². The molecule has 1 fully saturated rings. The van der Waals surface area contributed by atoms with Crippen molar-refractivity contribution in [3.05, 3.63) is 60.2 Å². The summed E-state index contributed by atoms with van der Waals surface area (Å²) in [4.78, 5) is 24.0. The van der Waals surface area contributed by atoms with E-state index in [2.05, 4.69) is 0 Å². The van der Waals surface area contributed by atoms with Crippen LogP contribution in [0.3, 0.4) is 0 Å². The van der Waals surface area contributed by atoms with Gasteiger partial charge in [0, 0.05) is 24.7 Å². The second-order valence-corrected chi connectivity index (χ2v) is 8.71. The molecule has 0 bridgehead atoms. The molecule has 0 saturated heterocycles. The van der Waals surface area contributed by atoms with E-state index in [9.17, 15) is 19.8 Å². The summed E-state index contributed by atoms with van der Waals surface area (Å²) in [6, 6.07) is 10.00. The van der Waals surface area contributed by atoms with Crippen molar-refractivity contribution in [2.24, 2.45) is 11.8 Å². The standard InChI is InChI=1S/C27H38O5/c1-3-20(2)32-27(31)14-10-5-4-9-13-23-24(26(30)19-25(23)29)18-17-22(28)16-15-21-11-7-6-8-12-21/h4,6-9,11-12,17-18,20,22-24,26,28,30H,3,5,10,13-16,19H2,1-2H3/b9-4-,18-17+/t20?,22-,23?,24?,26+/m0/s1. The first-order valence-electron chi connectivity index (χ1n) is 11.9. The topological polar surface area (TPSA) is 83.8 Å². The van der Waals surface area contributed by atoms with Gasteiger partial charge in [0.15, 0.2) is 0 Å². The van der Waals surface area contributed by atoms with Crippen LogP contribution in [0.25, 0.3) is 0 Å². The van der Waals surface area contributed by atoms with Gasteiger partial charge in [-0.05, 0) is 51.0 Å². The fourth-order valence-electron chi connectivity index (χ4n) is 3.93. The number of Topliss-reactive ketones (excluding diaryl/α,β-unsaturated/α-hetero) is 1. The van der Waals surface area contributed by atoms with Gasteiger partial charge in [0.05, 0.1) is 18.3 Å². The van der Waals surface area contributed by atoms with Gasteiger partial charge in [-0.2, -0.15) is 0 Å². The molecular weight excluding hydrogens is 404 g/mol. The van der Waals surface area contributed by atoms with Crippen LogP contribution in [0.15, 0.2) is 54.6 Å². The van der Waals surface area contributed by atoms with Gasteiger partial charge < -0.3 is 14.9 Å². The van der Waals surface area contributed by atoms with Gasteiger partial charge in [-0.15, -0.1) is 0 Å². The number of carbonyl (C=O) groups excluding carboxylic acids is 2. The summed E-state index contributed by atoms with van der Waals surface area (Å²) in [5.41, 5.74) is 1.17. The average Bonchev–Trinajstić information content (AvgIpc) is 3.05. The molecule has 0 radical (unpaired) electrons. The second kappa shape index (κ2) is 14.0. The number of hydrogen-bond donors (Lipinski definition) is 2. The van der Waals surface area contributed by atoms with Gasteiger partial charge in [0.1, 0.15) is 5.78 Å². The maximum absolute atomic E-state index is 12.3. The molecule has 0 spiro atoms. The monoisotopic (exact) mass is 442 g/mol. The third-order valence-corrected chi connectivity index (χ3v) is 6.08. The molecule has 1 saturated carbocycles. The van der Waals surface area contributed by atoms with Gasteiger partial charge >= 0.3 is 5.97 Å². The van der Waals surface area contributed by atoms with Crippen molar-refractivity contribution in [3.8, 4) is 0 Å². The molecule has 1 aromatic carbocycles. The van der Waals surface area contributed by atoms with Gasteiger partial charge in [-0.25, -0.2) is 0 Å². The fourth-order valence-corrected chi connectivity index (χ4v) is 3.93. The number of ether oxygens (including phenoxy) is 1. The van der Waals surface area contributed by atoms with Gasteiger partial charge in [-0.1, -0.05) is 61.6 Å². The zero-order valence-electron chi connectivity index (χ0n) is 19.4. The molecule has 1 aromatic rings. The Bertz CT molecular complexity index is 755. The fraction of sp³-hybridized carbons (Fsp3) is 0.556. The second-order valence-electron chi connectivity index (χ2n) is 8.71. The number of aliphatic hydroxyl groups is 2. The minimum atomic E-state index is -0.700. The van der Waals surface area contributed by atoms with Crippen LogP contribution in [0, 0.1) is 11.8 Å². The molecule has 5 heteroatoms. The Morgan fingerprint density at radius 3 is 2.72 bits per heavy atom. The Kier molecular flexibility index (Phi) is 11.4. The summed E-state index contributed by atoms with van der Waals surface area (Å²) in [6.07, 6.45) is 10.9. The highest BCUT2D eigenvalue weighted by Crippen LogP contribution is 2.33. The lowest BCUT2D eigenvalue weighted by Gasteiger charge is -2.16. The van der Waals surface area contributed by atoms with Crippen molar-refractivity contribution < 1.29 is 24.5 Å². The maximum Gasteiger partial charge on any atom is 0.306 e. The molecule has 0 amide bonds. The summed E-state index contributed by atoms with van der Waals surface area (Å²) >= 11 is 0. The molecule has 3 unspecified atom stereocenters. The molecule has 0 heterocycles. The Morgan fingerprint density at radius 2 is 2.00 bits per heavy atom. The van der Waals surface area contributed by atoms with Crippen LogP contribution in [0.4, 0.5) is 0 Å². The van der Waals surface area contributed by atoms with Gasteiger partial charge in [0.2, 0.25) is 0 Å². The van der Waals surface area contributed by atoms with Crippen LogP contribution in [0.2, 0.25) is 0 Å². The number of allylic oxidation sites excluding steroid dienone is 2. The minimum absolute atomic E-state index is 0.0420. The number of benzene rings is 1. The Morgan fingerprint density at radius 1 is 1.25 bits per heavy atom. The summed E-state index contributed by atoms with van der Waals surface area (Å²) in [7, 11) is 0. The first kappa shape index (κ1) is 26.0. The molecule has 2 rings (SSSR count). The van der Waals surface area contributed by atoms with E-state index in [0.29, 0.717) is 25.7 Å². The normalized spacial score (nSPS) is 23.1. The number of ketones is 1. The predicted octanol–water partition coefficient (Wildman–Crippen LogP) is 4.56. The van der Waals surface area contributed by atoms with Crippen LogP contribution in [-0.4, -0.2) is 40.3 Å².